The lowest BCUT2D eigenvalue weighted by atomic mass is 10.0. The molecule has 1 saturated heterocycles. The van der Waals surface area contributed by atoms with E-state index >= 15 is 0 Å². The Kier molecular flexibility index (Phi) is 18.9. The van der Waals surface area contributed by atoms with Crippen LogP contribution in [0.3, 0.4) is 0 Å². The molecule has 2 aromatic carbocycles. The van der Waals surface area contributed by atoms with E-state index in [0.717, 1.165) is 0 Å². The van der Waals surface area contributed by atoms with Crippen molar-refractivity contribution in [1.29, 1.82) is 0 Å². The molecule has 2 aromatic rings. The van der Waals surface area contributed by atoms with Crippen molar-refractivity contribution in [3.8, 4) is 0 Å². The molecule has 1 aliphatic rings. The number of aliphatic carboxylic acids is 1. The topological polar surface area (TPSA) is 343 Å². The van der Waals surface area contributed by atoms with E-state index < -0.39 is 97.1 Å². The van der Waals surface area contributed by atoms with Gasteiger partial charge in [0.25, 0.3) is 5.91 Å². The summed E-state index contributed by atoms with van der Waals surface area (Å²) in [6, 6.07) is 7.27. The molecule has 21 nitrogen and oxygen atoms in total. The molecule has 13 N–H and O–H groups in total. The average Bonchev–Trinajstić information content (AvgIpc) is 3.21. The number of carboxylic acid groups (broad SMARTS) is 1. The monoisotopic (exact) mass is 822 g/mol. The van der Waals surface area contributed by atoms with Crippen molar-refractivity contribution in [2.45, 2.75) is 75.2 Å². The Morgan fingerprint density at radius 1 is 0.797 bits per heavy atom. The highest BCUT2D eigenvalue weighted by molar-refractivity contribution is 5.99. The molecule has 7 amide bonds. The number of guanidine groups is 1. The number of amides is 7. The quantitative estimate of drug-likeness (QED) is 0.0305. The Bertz CT molecular complexity index is 1840. The molecule has 1 fully saturated rings. The fourth-order valence-corrected chi connectivity index (χ4v) is 5.79. The fourth-order valence-electron chi connectivity index (χ4n) is 5.79. The van der Waals surface area contributed by atoms with Gasteiger partial charge in [0.15, 0.2) is 5.96 Å². The first-order chi connectivity index (χ1) is 28.2. The van der Waals surface area contributed by atoms with Gasteiger partial charge in [0, 0.05) is 30.6 Å². The number of aliphatic hydroxyl groups is 1. The number of carbonyl (C=O) groups excluding carboxylic acids is 8. The number of nitrogens with zero attached hydrogens (tertiary/aromatic N) is 1. The summed E-state index contributed by atoms with van der Waals surface area (Å²) in [5, 5.41) is 36.7. The zero-order valence-electron chi connectivity index (χ0n) is 32.1. The number of aliphatic hydroxyl groups excluding tert-OH is 1. The van der Waals surface area contributed by atoms with Gasteiger partial charge in [-0.2, -0.15) is 0 Å². The molecule has 0 saturated carbocycles. The number of nitrogens with two attached hydrogens (primary N) is 2. The van der Waals surface area contributed by atoms with Crippen molar-refractivity contribution in [2.24, 2.45) is 16.5 Å². The maximum atomic E-state index is 13.9. The molecule has 3 rings (SSSR count). The molecular weight excluding hydrogens is 772 g/mol. The van der Waals surface area contributed by atoms with E-state index in [-0.39, 0.29) is 63.1 Å². The number of carbonyl (C=O) groups is 9. The largest absolute Gasteiger partial charge is 0.481 e. The van der Waals surface area contributed by atoms with Gasteiger partial charge in [-0.3, -0.25) is 48.1 Å². The van der Waals surface area contributed by atoms with E-state index in [4.69, 9.17) is 11.5 Å². The number of unbranched alkanes of at least 4 members (excludes halogenated alkanes) is 1. The number of benzene rings is 2. The number of aliphatic imine (C=N–C) groups is 1. The van der Waals surface area contributed by atoms with Crippen LogP contribution in [0.5, 0.6) is 0 Å². The third-order valence-corrected chi connectivity index (χ3v) is 8.91. The first-order valence-corrected chi connectivity index (χ1v) is 18.7. The maximum Gasteiger partial charge on any atom is 0.305 e. The van der Waals surface area contributed by atoms with Crippen LogP contribution in [0.1, 0.15) is 64.8 Å². The summed E-state index contributed by atoms with van der Waals surface area (Å²) in [6.07, 6.45) is 0.269. The van der Waals surface area contributed by atoms with E-state index in [1.165, 1.54) is 24.3 Å². The van der Waals surface area contributed by atoms with Crippen LogP contribution in [-0.2, 0) is 40.0 Å². The van der Waals surface area contributed by atoms with Crippen LogP contribution >= 0.6 is 0 Å². The van der Waals surface area contributed by atoms with Gasteiger partial charge in [-0.25, -0.2) is 0 Å². The molecule has 0 bridgehead atoms. The van der Waals surface area contributed by atoms with Crippen LogP contribution in [0.4, 0.5) is 0 Å². The third-order valence-electron chi connectivity index (χ3n) is 8.91. The van der Waals surface area contributed by atoms with E-state index in [1.54, 1.807) is 30.3 Å². The molecule has 1 aliphatic heterocycles. The minimum Gasteiger partial charge on any atom is -0.481 e. The summed E-state index contributed by atoms with van der Waals surface area (Å²) in [4.78, 5) is 119. The minimum absolute atomic E-state index is 0.00635. The van der Waals surface area contributed by atoms with Crippen molar-refractivity contribution in [3.05, 3.63) is 71.3 Å². The fraction of sp³-hybridized carbons (Fsp3) is 0.421. The van der Waals surface area contributed by atoms with Crippen molar-refractivity contribution in [1.82, 2.24) is 37.2 Å². The first-order valence-electron chi connectivity index (χ1n) is 18.7. The Morgan fingerprint density at radius 2 is 1.41 bits per heavy atom. The van der Waals surface area contributed by atoms with Crippen LogP contribution in [0.25, 0.3) is 0 Å². The average molecular weight is 823 g/mol. The predicted octanol–water partition coefficient (Wildman–Crippen LogP) is -3.28. The normalized spacial score (nSPS) is 19.4. The molecule has 318 valence electrons. The summed E-state index contributed by atoms with van der Waals surface area (Å²) in [5.41, 5.74) is 11.9. The number of aldehydes is 1. The minimum atomic E-state index is -1.64. The molecule has 59 heavy (non-hydrogen) atoms. The molecular formula is C38H50N10O11. The Morgan fingerprint density at radius 3 is 2.03 bits per heavy atom. The van der Waals surface area contributed by atoms with Gasteiger partial charge in [-0.05, 0) is 49.8 Å². The molecule has 21 heteroatoms. The maximum absolute atomic E-state index is 13.9. The molecule has 0 radical (unpaired) electrons. The summed E-state index contributed by atoms with van der Waals surface area (Å²) >= 11 is 0. The molecule has 0 unspecified atom stereocenters. The second kappa shape index (κ2) is 24.0. The van der Waals surface area contributed by atoms with Gasteiger partial charge >= 0.3 is 5.97 Å². The second-order valence-electron chi connectivity index (χ2n) is 13.5. The van der Waals surface area contributed by atoms with Crippen LogP contribution in [0, 0.1) is 0 Å². The molecule has 1 heterocycles. The highest BCUT2D eigenvalue weighted by Gasteiger charge is 2.33. The van der Waals surface area contributed by atoms with Crippen molar-refractivity contribution in [2.75, 3.05) is 26.2 Å². The lowest BCUT2D eigenvalue weighted by Gasteiger charge is -2.26. The van der Waals surface area contributed by atoms with Crippen molar-refractivity contribution in [3.63, 3.8) is 0 Å². The zero-order chi connectivity index (χ0) is 43.3. The smallest absolute Gasteiger partial charge is 0.305 e. The highest BCUT2D eigenvalue weighted by atomic mass is 16.4. The Labute approximate surface area is 338 Å². The van der Waals surface area contributed by atoms with Gasteiger partial charge in [0.1, 0.15) is 36.5 Å². The van der Waals surface area contributed by atoms with Gasteiger partial charge in [0.05, 0.1) is 19.6 Å². The van der Waals surface area contributed by atoms with Crippen LogP contribution in [0.2, 0.25) is 0 Å². The summed E-state index contributed by atoms with van der Waals surface area (Å²) < 4.78 is 0. The Balaban J connectivity index is 1.81. The highest BCUT2D eigenvalue weighted by Crippen LogP contribution is 2.10. The van der Waals surface area contributed by atoms with Crippen LogP contribution < -0.4 is 48.7 Å². The number of nitrogens with one attached hydrogen (secondary N) is 7. The van der Waals surface area contributed by atoms with E-state index in [2.05, 4.69) is 42.2 Å². The summed E-state index contributed by atoms with van der Waals surface area (Å²) in [5.74, 6) is -7.31. The molecule has 0 aliphatic carbocycles. The lowest BCUT2D eigenvalue weighted by Crippen LogP contribution is -2.58. The number of carboxylic acids is 1. The van der Waals surface area contributed by atoms with Gasteiger partial charge in [-0.1, -0.05) is 42.5 Å². The van der Waals surface area contributed by atoms with Crippen LogP contribution in [-0.4, -0.2) is 126 Å². The zero-order valence-corrected chi connectivity index (χ0v) is 32.1. The van der Waals surface area contributed by atoms with Gasteiger partial charge in [0.2, 0.25) is 35.4 Å². The van der Waals surface area contributed by atoms with Crippen molar-refractivity contribution < 1.29 is 53.4 Å². The summed E-state index contributed by atoms with van der Waals surface area (Å²) in [7, 11) is 0. The third kappa shape index (κ3) is 16.2. The molecule has 5 atom stereocenters. The Hall–Kier alpha value is -6.90. The van der Waals surface area contributed by atoms with Crippen LogP contribution in [0.15, 0.2) is 59.6 Å². The SMILES string of the molecule is NC(N)=NCCC[C@@H]1NC(=O)[C@H](CCCCNC(=O)[C@H](CO)NC(=O)c2ccc(C=O)cc2)NC(=O)[C@@H](Cc2ccccc2)NC(=O)[C@H](CC(=O)O)NC(=O)CNC1=O. The van der Waals surface area contributed by atoms with Gasteiger partial charge < -0.3 is 58.9 Å². The van der Waals surface area contributed by atoms with E-state index in [0.29, 0.717) is 17.4 Å². The van der Waals surface area contributed by atoms with E-state index in [1.807, 2.05) is 0 Å². The molecule has 0 aromatic heterocycles. The second-order valence-corrected chi connectivity index (χ2v) is 13.5. The van der Waals surface area contributed by atoms with E-state index in [9.17, 15) is 53.4 Å². The number of hydrogen-bond acceptors (Lipinski definition) is 11. The lowest BCUT2D eigenvalue weighted by molar-refractivity contribution is -0.141. The summed E-state index contributed by atoms with van der Waals surface area (Å²) in [6.45, 7) is -1.29. The number of rotatable bonds is 18. The first kappa shape index (κ1) is 46.5. The molecule has 0 spiro atoms. The van der Waals surface area contributed by atoms with Gasteiger partial charge in [-0.15, -0.1) is 0 Å². The number of hydrogen-bond donors (Lipinski definition) is 11. The van der Waals surface area contributed by atoms with Crippen molar-refractivity contribution >= 4 is 59.6 Å². The standard InChI is InChI=1S/C38H50N10O11/c39-38(40)42-16-6-10-25-33(55)43-19-30(51)44-28(18-31(52)53)37(59)47-27(17-22-7-2-1-3-8-22)36(58)46-26(35(57)45-25)9-4-5-15-41-34(56)29(21-50)48-32(54)24-13-11-23(20-49)12-14-24/h1-3,7-8,11-14,20,25-29,50H,4-6,9-10,15-19,21H2,(H,41,56)(H,43,55)(H,44,51)(H,45,57)(H,46,58)(H,47,59)(H,48,54)(H,52,53)(H4,39,40,42)/t25-,26-,27+,28-,29-/m0/s1. The predicted molar refractivity (Wildman–Crippen MR) is 210 cm³/mol.